The van der Waals surface area contributed by atoms with Crippen molar-refractivity contribution in [3.05, 3.63) is 23.8 Å². The van der Waals surface area contributed by atoms with Crippen molar-refractivity contribution in [2.75, 3.05) is 11.9 Å². The van der Waals surface area contributed by atoms with Crippen molar-refractivity contribution in [1.29, 1.82) is 0 Å². The summed E-state index contributed by atoms with van der Waals surface area (Å²) in [6.45, 7) is 5.29. The molecule has 0 amide bonds. The Morgan fingerprint density at radius 3 is 3.21 bits per heavy atom. The Bertz CT molecular complexity index is 388. The largest absolute Gasteiger partial charge is 0.487 e. The fourth-order valence-electron chi connectivity index (χ4n) is 2.38. The van der Waals surface area contributed by atoms with Gasteiger partial charge in [-0.1, -0.05) is 0 Å². The second-order valence-electron chi connectivity index (χ2n) is 4.45. The molecular formula is C12H15NO. The first-order valence-electron chi connectivity index (χ1n) is 5.30. The first-order chi connectivity index (χ1) is 6.73. The quantitative estimate of drug-likeness (QED) is 0.772. The fraction of sp³-hybridized carbons (Fsp3) is 0.500. The summed E-state index contributed by atoms with van der Waals surface area (Å²) < 4.78 is 5.87. The van der Waals surface area contributed by atoms with Crippen LogP contribution in [0.15, 0.2) is 18.2 Å². The number of ether oxygens (including phenoxy) is 1. The lowest BCUT2D eigenvalue weighted by molar-refractivity contribution is 0.214. The van der Waals surface area contributed by atoms with Crippen molar-refractivity contribution in [1.82, 2.24) is 0 Å². The Kier molecular flexibility index (Phi) is 1.42. The molecule has 1 saturated carbocycles. The van der Waals surface area contributed by atoms with Crippen LogP contribution in [0, 0.1) is 0 Å². The van der Waals surface area contributed by atoms with E-state index < -0.39 is 0 Å². The van der Waals surface area contributed by atoms with Gasteiger partial charge in [-0.3, -0.25) is 0 Å². The lowest BCUT2D eigenvalue weighted by Gasteiger charge is -2.09. The van der Waals surface area contributed by atoms with Crippen LogP contribution in [0.3, 0.4) is 0 Å². The molecule has 0 spiro atoms. The first kappa shape index (κ1) is 8.16. The number of hydrogen-bond donors (Lipinski definition) is 1. The van der Waals surface area contributed by atoms with Crippen molar-refractivity contribution in [3.8, 4) is 5.75 Å². The molecule has 1 heterocycles. The fourth-order valence-corrected chi connectivity index (χ4v) is 2.38. The van der Waals surface area contributed by atoms with Crippen LogP contribution in [0.1, 0.15) is 31.7 Å². The molecule has 2 atom stereocenters. The van der Waals surface area contributed by atoms with Crippen molar-refractivity contribution in [2.24, 2.45) is 0 Å². The molecule has 14 heavy (non-hydrogen) atoms. The van der Waals surface area contributed by atoms with E-state index in [0.717, 1.165) is 12.3 Å². The summed E-state index contributed by atoms with van der Waals surface area (Å²) in [5.74, 6) is 1.74. The molecule has 3 rings (SSSR count). The number of benzene rings is 1. The Morgan fingerprint density at radius 1 is 1.57 bits per heavy atom. The van der Waals surface area contributed by atoms with Gasteiger partial charge in [0.05, 0.1) is 0 Å². The molecule has 1 aromatic carbocycles. The van der Waals surface area contributed by atoms with Gasteiger partial charge in [0, 0.05) is 23.7 Å². The molecule has 2 nitrogen and oxygen atoms in total. The van der Waals surface area contributed by atoms with Gasteiger partial charge in [-0.2, -0.15) is 0 Å². The maximum Gasteiger partial charge on any atom is 0.123 e. The van der Waals surface area contributed by atoms with Crippen LogP contribution in [0.5, 0.6) is 5.75 Å². The number of fused-ring (bicyclic) bond motifs is 3. The van der Waals surface area contributed by atoms with Crippen LogP contribution in [-0.4, -0.2) is 12.1 Å². The molecule has 1 aliphatic heterocycles. The molecule has 2 aliphatic rings. The second kappa shape index (κ2) is 2.44. The van der Waals surface area contributed by atoms with Crippen molar-refractivity contribution in [3.63, 3.8) is 0 Å². The van der Waals surface area contributed by atoms with E-state index in [1.165, 1.54) is 17.7 Å². The topological polar surface area (TPSA) is 21.3 Å². The summed E-state index contributed by atoms with van der Waals surface area (Å²) in [5.41, 5.74) is 2.74. The van der Waals surface area contributed by atoms with E-state index in [9.17, 15) is 0 Å². The third kappa shape index (κ3) is 0.969. The minimum absolute atomic E-state index is 0.132. The normalized spacial score (nSPS) is 31.7. The molecule has 1 aromatic rings. The van der Waals surface area contributed by atoms with Crippen molar-refractivity contribution < 1.29 is 4.74 Å². The summed E-state index contributed by atoms with van der Waals surface area (Å²) in [4.78, 5) is 0. The number of hydrogen-bond acceptors (Lipinski definition) is 2. The van der Waals surface area contributed by atoms with Gasteiger partial charge >= 0.3 is 0 Å². The zero-order valence-electron chi connectivity index (χ0n) is 8.63. The van der Waals surface area contributed by atoms with E-state index in [0.29, 0.717) is 5.92 Å². The molecule has 0 radical (unpaired) electrons. The number of anilines is 1. The molecule has 2 heteroatoms. The van der Waals surface area contributed by atoms with E-state index in [4.69, 9.17) is 4.74 Å². The van der Waals surface area contributed by atoms with Gasteiger partial charge in [0.2, 0.25) is 0 Å². The third-order valence-corrected chi connectivity index (χ3v) is 3.30. The first-order valence-corrected chi connectivity index (χ1v) is 5.30. The molecule has 0 bridgehead atoms. The highest BCUT2D eigenvalue weighted by Gasteiger charge is 2.59. The molecule has 2 unspecified atom stereocenters. The zero-order chi connectivity index (χ0) is 9.76. The molecule has 1 N–H and O–H groups in total. The van der Waals surface area contributed by atoms with E-state index in [2.05, 4.69) is 37.4 Å². The van der Waals surface area contributed by atoms with E-state index in [-0.39, 0.29) is 5.60 Å². The smallest absolute Gasteiger partial charge is 0.123 e. The maximum absolute atomic E-state index is 5.87. The van der Waals surface area contributed by atoms with Gasteiger partial charge in [-0.15, -0.1) is 0 Å². The summed E-state index contributed by atoms with van der Waals surface area (Å²) in [6.07, 6.45) is 1.19. The van der Waals surface area contributed by atoms with Gasteiger partial charge in [0.1, 0.15) is 11.4 Å². The van der Waals surface area contributed by atoms with Crippen LogP contribution in [0.4, 0.5) is 5.69 Å². The Labute approximate surface area is 84.3 Å². The Morgan fingerprint density at radius 2 is 2.43 bits per heavy atom. The summed E-state index contributed by atoms with van der Waals surface area (Å²) in [5, 5.41) is 3.33. The molecule has 1 fully saturated rings. The van der Waals surface area contributed by atoms with Crippen molar-refractivity contribution in [2.45, 2.75) is 31.8 Å². The van der Waals surface area contributed by atoms with Crippen molar-refractivity contribution >= 4 is 5.69 Å². The SMILES string of the molecule is CCNc1ccc2c(c1)C1CC1(C)O2. The van der Waals surface area contributed by atoms with Gasteiger partial charge in [-0.25, -0.2) is 0 Å². The highest BCUT2D eigenvalue weighted by atomic mass is 16.5. The third-order valence-electron chi connectivity index (χ3n) is 3.30. The molecule has 74 valence electrons. The lowest BCUT2D eigenvalue weighted by Crippen LogP contribution is -2.09. The van der Waals surface area contributed by atoms with Gasteiger partial charge in [0.25, 0.3) is 0 Å². The van der Waals surface area contributed by atoms with E-state index in [1.54, 1.807) is 0 Å². The molecule has 1 aliphatic carbocycles. The highest BCUT2D eigenvalue weighted by Crippen LogP contribution is 2.62. The Balaban J connectivity index is 1.97. The molecule has 0 saturated heterocycles. The minimum Gasteiger partial charge on any atom is -0.487 e. The maximum atomic E-state index is 5.87. The average molecular weight is 189 g/mol. The highest BCUT2D eigenvalue weighted by molar-refractivity contribution is 5.57. The second-order valence-corrected chi connectivity index (χ2v) is 4.45. The zero-order valence-corrected chi connectivity index (χ0v) is 8.63. The van der Waals surface area contributed by atoms with Crippen LogP contribution in [0.25, 0.3) is 0 Å². The standard InChI is InChI=1S/C12H15NO/c1-3-13-8-4-5-11-9(6-8)10-7-12(10,2)14-11/h4-6,10,13H,3,7H2,1-2H3. The average Bonchev–Trinajstić information content (AvgIpc) is 2.74. The van der Waals surface area contributed by atoms with Gasteiger partial charge < -0.3 is 10.1 Å². The van der Waals surface area contributed by atoms with Crippen LogP contribution in [-0.2, 0) is 0 Å². The van der Waals surface area contributed by atoms with Crippen LogP contribution < -0.4 is 10.1 Å². The predicted octanol–water partition coefficient (Wildman–Crippen LogP) is 2.76. The molecule has 0 aromatic heterocycles. The van der Waals surface area contributed by atoms with Gasteiger partial charge in [0.15, 0.2) is 0 Å². The van der Waals surface area contributed by atoms with Crippen LogP contribution in [0.2, 0.25) is 0 Å². The summed E-state index contributed by atoms with van der Waals surface area (Å²) in [7, 11) is 0. The monoisotopic (exact) mass is 189 g/mol. The van der Waals surface area contributed by atoms with Crippen LogP contribution >= 0.6 is 0 Å². The Hall–Kier alpha value is -1.18. The van der Waals surface area contributed by atoms with E-state index >= 15 is 0 Å². The lowest BCUT2D eigenvalue weighted by atomic mass is 10.1. The summed E-state index contributed by atoms with van der Waals surface area (Å²) >= 11 is 0. The number of nitrogens with one attached hydrogen (secondary N) is 1. The molecular weight excluding hydrogens is 174 g/mol. The van der Waals surface area contributed by atoms with E-state index in [1.807, 2.05) is 0 Å². The number of rotatable bonds is 2. The predicted molar refractivity (Wildman–Crippen MR) is 57.0 cm³/mol. The van der Waals surface area contributed by atoms with Gasteiger partial charge in [-0.05, 0) is 38.5 Å². The summed E-state index contributed by atoms with van der Waals surface area (Å²) in [6, 6.07) is 6.42. The minimum atomic E-state index is 0.132.